The van der Waals surface area contributed by atoms with Gasteiger partial charge in [0.05, 0.1) is 30.5 Å². The molecule has 8 nitrogen and oxygen atoms in total. The first-order valence-electron chi connectivity index (χ1n) is 10.6. The summed E-state index contributed by atoms with van der Waals surface area (Å²) >= 11 is 0. The molecule has 2 heterocycles. The molecule has 0 radical (unpaired) electrons. The molecule has 3 N–H and O–H groups in total. The van der Waals surface area contributed by atoms with E-state index in [0.717, 1.165) is 0 Å². The number of nitrogens with zero attached hydrogens (tertiary/aromatic N) is 2. The number of aliphatic hydroxyl groups is 1. The number of ether oxygens (including phenoxy) is 3. The van der Waals surface area contributed by atoms with E-state index < -0.39 is 40.8 Å². The third-order valence-electron chi connectivity index (χ3n) is 5.23. The molecular weight excluding hydrogens is 479 g/mol. The smallest absolute Gasteiger partial charge is 0.250 e. The van der Waals surface area contributed by atoms with Gasteiger partial charge in [-0.2, -0.15) is 4.39 Å². The second-order valence-electron chi connectivity index (χ2n) is 7.67. The van der Waals surface area contributed by atoms with Crippen LogP contribution in [0.4, 0.5) is 13.2 Å². The van der Waals surface area contributed by atoms with Crippen molar-refractivity contribution in [1.82, 2.24) is 9.97 Å². The summed E-state index contributed by atoms with van der Waals surface area (Å²) in [5.74, 6) is -5.82. The van der Waals surface area contributed by atoms with Gasteiger partial charge in [0, 0.05) is 29.4 Å². The van der Waals surface area contributed by atoms with E-state index in [-0.39, 0.29) is 34.7 Å². The molecule has 4 aromatic rings. The minimum absolute atomic E-state index is 0.0511. The van der Waals surface area contributed by atoms with Gasteiger partial charge in [-0.15, -0.1) is 0 Å². The number of benzene rings is 2. The van der Waals surface area contributed by atoms with E-state index in [4.69, 9.17) is 19.9 Å². The molecule has 11 heteroatoms. The number of primary amides is 1. The van der Waals surface area contributed by atoms with Gasteiger partial charge in [0.2, 0.25) is 11.6 Å². The maximum atomic E-state index is 15.1. The van der Waals surface area contributed by atoms with Gasteiger partial charge in [0.15, 0.2) is 23.1 Å². The van der Waals surface area contributed by atoms with Crippen LogP contribution in [0.2, 0.25) is 0 Å². The predicted molar refractivity (Wildman–Crippen MR) is 124 cm³/mol. The Morgan fingerprint density at radius 2 is 1.83 bits per heavy atom. The Morgan fingerprint density at radius 3 is 2.53 bits per heavy atom. The van der Waals surface area contributed by atoms with Crippen molar-refractivity contribution in [3.63, 3.8) is 0 Å². The van der Waals surface area contributed by atoms with Gasteiger partial charge < -0.3 is 25.1 Å². The molecule has 1 atom stereocenters. The number of aliphatic hydroxyl groups excluding tert-OH is 1. The van der Waals surface area contributed by atoms with Crippen LogP contribution in [0.3, 0.4) is 0 Å². The maximum Gasteiger partial charge on any atom is 0.250 e. The van der Waals surface area contributed by atoms with Crippen LogP contribution in [0.25, 0.3) is 22.2 Å². The number of methoxy groups -OCH3 is 1. The Balaban J connectivity index is 1.81. The van der Waals surface area contributed by atoms with Crippen LogP contribution in [0.15, 0.2) is 48.8 Å². The highest BCUT2D eigenvalue weighted by Crippen LogP contribution is 2.40. The maximum absolute atomic E-state index is 15.1. The monoisotopic (exact) mass is 499 g/mol. The average molecular weight is 499 g/mol. The molecule has 0 spiro atoms. The van der Waals surface area contributed by atoms with Crippen molar-refractivity contribution in [1.29, 1.82) is 0 Å². The zero-order valence-corrected chi connectivity index (χ0v) is 19.1. The molecule has 0 fully saturated rings. The number of aromatic nitrogens is 2. The van der Waals surface area contributed by atoms with E-state index in [9.17, 15) is 9.90 Å². The van der Waals surface area contributed by atoms with Crippen LogP contribution in [0.1, 0.15) is 17.3 Å². The zero-order valence-electron chi connectivity index (χ0n) is 19.1. The van der Waals surface area contributed by atoms with Crippen molar-refractivity contribution in [2.45, 2.75) is 13.0 Å². The summed E-state index contributed by atoms with van der Waals surface area (Å²) in [6.45, 7) is 1.36. The topological polar surface area (TPSA) is 117 Å². The van der Waals surface area contributed by atoms with Crippen LogP contribution in [0.5, 0.6) is 23.0 Å². The highest BCUT2D eigenvalue weighted by atomic mass is 19.2. The fraction of sp³-hybridized carbons (Fsp3) is 0.160. The Labute approximate surface area is 203 Å². The van der Waals surface area contributed by atoms with E-state index in [0.29, 0.717) is 17.3 Å². The number of halogens is 3. The molecule has 0 aliphatic carbocycles. The lowest BCUT2D eigenvalue weighted by Gasteiger charge is -2.17. The Kier molecular flexibility index (Phi) is 6.93. The lowest BCUT2D eigenvalue weighted by molar-refractivity contribution is 0.100. The Hall–Kier alpha value is -4.38. The minimum Gasteiger partial charge on any atom is -0.493 e. The number of pyridine rings is 2. The van der Waals surface area contributed by atoms with Gasteiger partial charge in [-0.1, -0.05) is 0 Å². The molecule has 0 saturated heterocycles. The molecule has 1 amide bonds. The molecule has 0 aliphatic heterocycles. The molecule has 0 bridgehead atoms. The van der Waals surface area contributed by atoms with Crippen molar-refractivity contribution in [3.8, 4) is 34.3 Å². The van der Waals surface area contributed by atoms with E-state index in [1.54, 1.807) is 6.92 Å². The van der Waals surface area contributed by atoms with Gasteiger partial charge in [-0.25, -0.2) is 8.78 Å². The molecule has 186 valence electrons. The number of hydrogen-bond donors (Lipinski definition) is 2. The quantitative estimate of drug-likeness (QED) is 0.346. The van der Waals surface area contributed by atoms with Gasteiger partial charge in [-0.3, -0.25) is 14.8 Å². The highest BCUT2D eigenvalue weighted by Gasteiger charge is 2.25. The predicted octanol–water partition coefficient (Wildman–Crippen LogP) is 4.37. The van der Waals surface area contributed by atoms with Crippen LogP contribution in [-0.4, -0.2) is 40.8 Å². The van der Waals surface area contributed by atoms with Gasteiger partial charge in [0.25, 0.3) is 5.91 Å². The highest BCUT2D eigenvalue weighted by molar-refractivity contribution is 5.98. The zero-order chi connectivity index (χ0) is 26.0. The summed E-state index contributed by atoms with van der Waals surface area (Å²) in [5.41, 5.74) is 4.51. The SMILES string of the molecule is COc1cc2nccc(Oc3c(F)cc(-c4ncccc4C(N)=O)c(F)c3F)c2cc1OC(C)CO. The largest absolute Gasteiger partial charge is 0.493 e. The second-order valence-corrected chi connectivity index (χ2v) is 7.67. The molecule has 0 aliphatic rings. The number of carbonyl (C=O) groups excluding carboxylic acids is 1. The molecule has 1 unspecified atom stereocenters. The standard InChI is InChI=1S/C25H20F3N3O5/c1-12(11-32)35-20-9-14-17(10-19(20)34-2)30-7-5-18(14)36-24-16(26)8-15(21(27)22(24)28)23-13(25(29)33)4-3-6-31-23/h3-10,12,32H,11H2,1-2H3,(H2,29,33). The van der Waals surface area contributed by atoms with E-state index >= 15 is 13.2 Å². The first kappa shape index (κ1) is 24.7. The first-order valence-corrected chi connectivity index (χ1v) is 10.6. The summed E-state index contributed by atoms with van der Waals surface area (Å²) in [7, 11) is 1.41. The number of carbonyl (C=O) groups is 1. The van der Waals surface area contributed by atoms with Gasteiger partial charge in [-0.05, 0) is 37.3 Å². The first-order chi connectivity index (χ1) is 17.2. The number of rotatable bonds is 8. The second kappa shape index (κ2) is 10.1. The summed E-state index contributed by atoms with van der Waals surface area (Å²) in [6, 6.07) is 7.64. The molecule has 2 aromatic heterocycles. The van der Waals surface area contributed by atoms with Crippen LogP contribution >= 0.6 is 0 Å². The summed E-state index contributed by atoms with van der Waals surface area (Å²) in [5, 5.41) is 9.59. The number of nitrogens with two attached hydrogens (primary N) is 1. The molecule has 36 heavy (non-hydrogen) atoms. The molecule has 4 rings (SSSR count). The van der Waals surface area contributed by atoms with E-state index in [1.165, 1.54) is 49.8 Å². The van der Waals surface area contributed by atoms with Gasteiger partial charge >= 0.3 is 0 Å². The fourth-order valence-electron chi connectivity index (χ4n) is 3.50. The summed E-state index contributed by atoms with van der Waals surface area (Å²) in [6.07, 6.45) is 1.99. The Morgan fingerprint density at radius 1 is 1.06 bits per heavy atom. The van der Waals surface area contributed by atoms with Crippen molar-refractivity contribution in [2.75, 3.05) is 13.7 Å². The normalized spacial score (nSPS) is 11.8. The number of hydrogen-bond acceptors (Lipinski definition) is 7. The molecular formula is C25H20F3N3O5. The summed E-state index contributed by atoms with van der Waals surface area (Å²) in [4.78, 5) is 19.7. The van der Waals surface area contributed by atoms with Crippen LogP contribution in [0, 0.1) is 17.5 Å². The number of amides is 1. The van der Waals surface area contributed by atoms with Crippen molar-refractivity contribution in [3.05, 3.63) is 71.8 Å². The van der Waals surface area contributed by atoms with Crippen molar-refractivity contribution in [2.24, 2.45) is 5.73 Å². The van der Waals surface area contributed by atoms with Crippen molar-refractivity contribution < 1.29 is 37.3 Å². The van der Waals surface area contributed by atoms with Crippen molar-refractivity contribution >= 4 is 16.8 Å². The van der Waals surface area contributed by atoms with Crippen LogP contribution < -0.4 is 19.9 Å². The molecule has 2 aromatic carbocycles. The molecule has 0 saturated carbocycles. The average Bonchev–Trinajstić information content (AvgIpc) is 2.88. The van der Waals surface area contributed by atoms with E-state index in [2.05, 4.69) is 9.97 Å². The van der Waals surface area contributed by atoms with Gasteiger partial charge in [0.1, 0.15) is 11.9 Å². The fourth-order valence-corrected chi connectivity index (χ4v) is 3.50. The third kappa shape index (κ3) is 4.60. The number of fused-ring (bicyclic) bond motifs is 1. The lowest BCUT2D eigenvalue weighted by atomic mass is 10.0. The minimum atomic E-state index is -1.63. The Bertz CT molecular complexity index is 1470. The third-order valence-corrected chi connectivity index (χ3v) is 5.23. The lowest BCUT2D eigenvalue weighted by Crippen LogP contribution is -2.16. The summed E-state index contributed by atoms with van der Waals surface area (Å²) < 4.78 is 61.6. The van der Waals surface area contributed by atoms with E-state index in [1.807, 2.05) is 0 Å². The van der Waals surface area contributed by atoms with Crippen LogP contribution in [-0.2, 0) is 0 Å².